The number of nitrogens with one attached hydrogen (secondary N) is 1. The Labute approximate surface area is 192 Å². The number of amides is 2. The molecule has 1 heterocycles. The van der Waals surface area contributed by atoms with Crippen LogP contribution in [0.4, 0.5) is 5.69 Å². The lowest BCUT2D eigenvalue weighted by Crippen LogP contribution is -2.46. The fourth-order valence-corrected chi connectivity index (χ4v) is 4.20. The zero-order valence-corrected chi connectivity index (χ0v) is 18.5. The summed E-state index contributed by atoms with van der Waals surface area (Å²) in [4.78, 5) is 28.7. The van der Waals surface area contributed by atoms with E-state index in [0.717, 1.165) is 25.7 Å². The summed E-state index contributed by atoms with van der Waals surface area (Å²) in [6, 6.07) is 16.5. The fraction of sp³-hybridized carbons (Fsp3) is 0.280. The summed E-state index contributed by atoms with van der Waals surface area (Å²) in [5.41, 5.74) is 1.17. The lowest BCUT2D eigenvalue weighted by atomic mass is 10.0. The molecular weight excluding hydrogens is 428 g/mol. The van der Waals surface area contributed by atoms with Gasteiger partial charge in [0.1, 0.15) is 11.8 Å². The minimum absolute atomic E-state index is 0.100. The van der Waals surface area contributed by atoms with Gasteiger partial charge >= 0.3 is 0 Å². The van der Waals surface area contributed by atoms with Crippen LogP contribution < -0.4 is 15.0 Å². The molecule has 7 heteroatoms. The Balaban J connectivity index is 1.81. The summed E-state index contributed by atoms with van der Waals surface area (Å²) >= 11 is 6.10. The number of ether oxygens (including phenoxy) is 1. The van der Waals surface area contributed by atoms with E-state index in [1.807, 2.05) is 0 Å². The summed E-state index contributed by atoms with van der Waals surface area (Å²) in [7, 11) is 1.56. The molecule has 1 aromatic heterocycles. The number of halogens is 1. The van der Waals surface area contributed by atoms with Crippen molar-refractivity contribution >= 4 is 29.1 Å². The van der Waals surface area contributed by atoms with Gasteiger partial charge in [0.15, 0.2) is 5.76 Å². The number of rotatable bonds is 7. The zero-order valence-electron chi connectivity index (χ0n) is 17.8. The number of carbonyl (C=O) groups excluding carboxylic acids is 2. The van der Waals surface area contributed by atoms with Crippen molar-refractivity contribution in [1.82, 2.24) is 5.32 Å². The molecule has 0 radical (unpaired) electrons. The maximum Gasteiger partial charge on any atom is 0.294 e. The molecule has 1 fully saturated rings. The van der Waals surface area contributed by atoms with Gasteiger partial charge < -0.3 is 14.5 Å². The van der Waals surface area contributed by atoms with Gasteiger partial charge in [-0.3, -0.25) is 14.5 Å². The number of hydrogen-bond acceptors (Lipinski definition) is 4. The Hall–Kier alpha value is -3.25. The molecule has 32 heavy (non-hydrogen) atoms. The summed E-state index contributed by atoms with van der Waals surface area (Å²) in [6.07, 6.45) is 5.48. The number of benzene rings is 2. The molecule has 0 aliphatic heterocycles. The molecule has 2 amide bonds. The molecule has 1 atom stereocenters. The molecule has 166 valence electrons. The average molecular weight is 453 g/mol. The lowest BCUT2D eigenvalue weighted by molar-refractivity contribution is -0.123. The molecule has 3 aromatic rings. The van der Waals surface area contributed by atoms with Gasteiger partial charge in [-0.1, -0.05) is 42.6 Å². The van der Waals surface area contributed by atoms with Crippen LogP contribution in [0.2, 0.25) is 5.02 Å². The van der Waals surface area contributed by atoms with Crippen LogP contribution in [0.5, 0.6) is 5.75 Å². The van der Waals surface area contributed by atoms with Crippen molar-refractivity contribution in [2.45, 2.75) is 37.8 Å². The monoisotopic (exact) mass is 452 g/mol. The zero-order chi connectivity index (χ0) is 22.5. The molecule has 0 spiro atoms. The second kappa shape index (κ2) is 9.92. The van der Waals surface area contributed by atoms with E-state index >= 15 is 0 Å². The van der Waals surface area contributed by atoms with Crippen LogP contribution in [0.1, 0.15) is 47.8 Å². The first-order valence-corrected chi connectivity index (χ1v) is 11.0. The van der Waals surface area contributed by atoms with E-state index in [1.54, 1.807) is 67.8 Å². The van der Waals surface area contributed by atoms with Crippen molar-refractivity contribution in [3.63, 3.8) is 0 Å². The Morgan fingerprint density at radius 1 is 1.09 bits per heavy atom. The van der Waals surface area contributed by atoms with Crippen LogP contribution in [0.15, 0.2) is 71.3 Å². The van der Waals surface area contributed by atoms with Gasteiger partial charge in [0.2, 0.25) is 5.91 Å². The molecule has 2 aromatic carbocycles. The third-order valence-electron chi connectivity index (χ3n) is 5.68. The molecule has 6 nitrogen and oxygen atoms in total. The molecule has 1 aliphatic rings. The standard InChI is InChI=1S/C25H25ClN2O4/c1-31-21-9-4-8-20(16-21)28(25(30)22-10-5-15-32-22)23(17-11-13-18(26)14-12-17)24(29)27-19-6-2-3-7-19/h4-5,8-16,19,23H,2-3,6-7H2,1H3,(H,27,29). The van der Waals surface area contributed by atoms with Crippen LogP contribution in [0, 0.1) is 0 Å². The van der Waals surface area contributed by atoms with E-state index in [-0.39, 0.29) is 17.7 Å². The molecule has 1 saturated carbocycles. The van der Waals surface area contributed by atoms with Crippen molar-refractivity contribution < 1.29 is 18.7 Å². The second-order valence-electron chi connectivity index (χ2n) is 7.80. The fourth-order valence-electron chi connectivity index (χ4n) is 4.08. The van der Waals surface area contributed by atoms with Crippen molar-refractivity contribution in [2.24, 2.45) is 0 Å². The molecule has 0 saturated heterocycles. The number of hydrogen-bond donors (Lipinski definition) is 1. The second-order valence-corrected chi connectivity index (χ2v) is 8.23. The van der Waals surface area contributed by atoms with Crippen molar-refractivity contribution in [3.8, 4) is 5.75 Å². The van der Waals surface area contributed by atoms with Crippen LogP contribution in [0.3, 0.4) is 0 Å². The summed E-state index contributed by atoms with van der Waals surface area (Å²) in [5.74, 6) is 0.0398. The van der Waals surface area contributed by atoms with E-state index in [0.29, 0.717) is 22.0 Å². The van der Waals surface area contributed by atoms with Gasteiger partial charge in [-0.2, -0.15) is 0 Å². The van der Waals surface area contributed by atoms with Crippen molar-refractivity contribution in [2.75, 3.05) is 12.0 Å². The van der Waals surface area contributed by atoms with Crippen LogP contribution in [0.25, 0.3) is 0 Å². The largest absolute Gasteiger partial charge is 0.497 e. The normalized spacial score (nSPS) is 14.7. The van der Waals surface area contributed by atoms with Crippen LogP contribution in [-0.4, -0.2) is 25.0 Å². The van der Waals surface area contributed by atoms with E-state index in [2.05, 4.69) is 5.32 Å². The minimum Gasteiger partial charge on any atom is -0.497 e. The number of methoxy groups -OCH3 is 1. The van der Waals surface area contributed by atoms with E-state index in [4.69, 9.17) is 20.8 Å². The molecular formula is C25H25ClN2O4. The molecule has 1 unspecified atom stereocenters. The first kappa shape index (κ1) is 22.0. The van der Waals surface area contributed by atoms with E-state index in [9.17, 15) is 9.59 Å². The molecule has 0 bridgehead atoms. The van der Waals surface area contributed by atoms with E-state index in [1.165, 1.54) is 11.2 Å². The van der Waals surface area contributed by atoms with E-state index < -0.39 is 11.9 Å². The van der Waals surface area contributed by atoms with Gasteiger partial charge in [0.05, 0.1) is 13.4 Å². The number of furan rings is 1. The first-order valence-electron chi connectivity index (χ1n) is 10.6. The Bertz CT molecular complexity index is 1060. The minimum atomic E-state index is -0.919. The quantitative estimate of drug-likeness (QED) is 0.521. The van der Waals surface area contributed by atoms with Crippen LogP contribution >= 0.6 is 11.6 Å². The SMILES string of the molecule is COc1cccc(N(C(=O)c2ccco2)C(C(=O)NC2CCCC2)c2ccc(Cl)cc2)c1. The molecule has 4 rings (SSSR count). The Morgan fingerprint density at radius 3 is 2.50 bits per heavy atom. The molecule has 1 N–H and O–H groups in total. The molecule has 1 aliphatic carbocycles. The number of carbonyl (C=O) groups is 2. The van der Waals surface area contributed by atoms with Gasteiger partial charge in [0, 0.05) is 22.8 Å². The van der Waals surface area contributed by atoms with Gasteiger partial charge in [-0.25, -0.2) is 0 Å². The predicted octanol–water partition coefficient (Wildman–Crippen LogP) is 5.39. The number of nitrogens with zero attached hydrogens (tertiary/aromatic N) is 1. The Kier molecular flexibility index (Phi) is 6.81. The number of anilines is 1. The predicted molar refractivity (Wildman–Crippen MR) is 123 cm³/mol. The first-order chi connectivity index (χ1) is 15.6. The highest BCUT2D eigenvalue weighted by molar-refractivity contribution is 6.30. The highest BCUT2D eigenvalue weighted by Gasteiger charge is 2.36. The highest BCUT2D eigenvalue weighted by atomic mass is 35.5. The summed E-state index contributed by atoms with van der Waals surface area (Å²) < 4.78 is 10.8. The van der Waals surface area contributed by atoms with Gasteiger partial charge in [0.25, 0.3) is 5.91 Å². The average Bonchev–Trinajstić information content (AvgIpc) is 3.52. The van der Waals surface area contributed by atoms with Gasteiger partial charge in [-0.05, 0) is 54.8 Å². The Morgan fingerprint density at radius 2 is 1.84 bits per heavy atom. The summed E-state index contributed by atoms with van der Waals surface area (Å²) in [5, 5.41) is 3.69. The van der Waals surface area contributed by atoms with Gasteiger partial charge in [-0.15, -0.1) is 0 Å². The highest BCUT2D eigenvalue weighted by Crippen LogP contribution is 2.33. The lowest BCUT2D eigenvalue weighted by Gasteiger charge is -2.32. The van der Waals surface area contributed by atoms with Crippen molar-refractivity contribution in [3.05, 3.63) is 83.3 Å². The smallest absolute Gasteiger partial charge is 0.294 e. The maximum atomic E-state index is 13.6. The third-order valence-corrected chi connectivity index (χ3v) is 5.93. The summed E-state index contributed by atoms with van der Waals surface area (Å²) in [6.45, 7) is 0. The topological polar surface area (TPSA) is 71.8 Å². The maximum absolute atomic E-state index is 13.6. The van der Waals surface area contributed by atoms with Crippen molar-refractivity contribution in [1.29, 1.82) is 0 Å². The van der Waals surface area contributed by atoms with Crippen LogP contribution in [-0.2, 0) is 4.79 Å². The third kappa shape index (κ3) is 4.81.